The third kappa shape index (κ3) is 3.86. The molecule has 8 heteroatoms. The first-order valence-electron chi connectivity index (χ1n) is 12.1. The van der Waals surface area contributed by atoms with Gasteiger partial charge in [-0.25, -0.2) is 0 Å². The number of carbonyl (C=O) groups excluding carboxylic acids is 2. The van der Waals surface area contributed by atoms with E-state index >= 15 is 0 Å². The van der Waals surface area contributed by atoms with Crippen molar-refractivity contribution in [1.82, 2.24) is 5.06 Å². The summed E-state index contributed by atoms with van der Waals surface area (Å²) in [5, 5.41) is 5.93. The molecular weight excluding hydrogens is 626 g/mol. The molecule has 0 N–H and O–H groups in total. The van der Waals surface area contributed by atoms with Crippen LogP contribution in [-0.2, 0) is 11.4 Å². The molecule has 1 aromatic heterocycles. The van der Waals surface area contributed by atoms with E-state index < -0.39 is 11.8 Å². The smallest absolute Gasteiger partial charge is 0.325 e. The van der Waals surface area contributed by atoms with Crippen molar-refractivity contribution in [2.75, 3.05) is 0 Å². The molecule has 5 aromatic carbocycles. The molecule has 2 amide bonds. The van der Waals surface area contributed by atoms with Gasteiger partial charge in [0.25, 0.3) is 0 Å². The van der Waals surface area contributed by atoms with Gasteiger partial charge in [-0.05, 0) is 71.1 Å². The summed E-state index contributed by atoms with van der Waals surface area (Å²) in [7, 11) is 0. The van der Waals surface area contributed by atoms with Crippen LogP contribution in [0.2, 0.25) is 0 Å². The van der Waals surface area contributed by atoms with Crippen LogP contribution in [0, 0.1) is 0 Å². The van der Waals surface area contributed by atoms with E-state index in [0.29, 0.717) is 25.2 Å². The van der Waals surface area contributed by atoms with E-state index in [1.165, 1.54) is 0 Å². The highest BCUT2D eigenvalue weighted by atomic mass is 79.9. The molecule has 7 rings (SSSR count). The molecule has 1 aliphatic rings. The molecule has 6 aromatic rings. The Morgan fingerprint density at radius 3 is 1.62 bits per heavy atom. The molecule has 0 unspecified atom stereocenters. The fraction of sp³-hybridized carbons (Fsp3) is 0.0323. The number of hydrogen-bond acceptors (Lipinski definition) is 5. The second-order valence-corrected chi connectivity index (χ2v) is 10.8. The Bertz CT molecular complexity index is 1920. The van der Waals surface area contributed by atoms with Gasteiger partial charge in [0, 0.05) is 10.8 Å². The van der Waals surface area contributed by atoms with Crippen molar-refractivity contribution in [3.05, 3.63) is 117 Å². The van der Waals surface area contributed by atoms with Crippen LogP contribution in [0.3, 0.4) is 0 Å². The quantitative estimate of drug-likeness (QED) is 0.180. The molecule has 2 heterocycles. The van der Waals surface area contributed by atoms with E-state index in [0.717, 1.165) is 37.9 Å². The summed E-state index contributed by atoms with van der Waals surface area (Å²) < 4.78 is 13.9. The molecule has 0 aliphatic carbocycles. The predicted molar refractivity (Wildman–Crippen MR) is 156 cm³/mol. The van der Waals surface area contributed by atoms with E-state index in [9.17, 15) is 9.59 Å². The van der Waals surface area contributed by atoms with E-state index in [-0.39, 0.29) is 18.1 Å². The SMILES string of the molecule is O=C1c2oc3c(Br)cc4ccccc4c3c3c(oc2C(=O)N1OCc1ccccc1)c(Br)cc1ccccc13. The van der Waals surface area contributed by atoms with Gasteiger partial charge in [-0.1, -0.05) is 78.9 Å². The normalized spacial score (nSPS) is 13.1. The lowest BCUT2D eigenvalue weighted by molar-refractivity contribution is -0.102. The predicted octanol–water partition coefficient (Wildman–Crippen LogP) is 8.86. The molecule has 0 saturated heterocycles. The van der Waals surface area contributed by atoms with Crippen LogP contribution in [0.25, 0.3) is 43.5 Å². The van der Waals surface area contributed by atoms with Crippen molar-refractivity contribution in [2.45, 2.75) is 6.61 Å². The average Bonchev–Trinajstić information content (AvgIpc) is 3.15. The molecule has 190 valence electrons. The fourth-order valence-corrected chi connectivity index (χ4v) is 6.02. The molecule has 1 aliphatic heterocycles. The maximum Gasteiger partial charge on any atom is 0.325 e. The zero-order valence-corrected chi connectivity index (χ0v) is 23.3. The van der Waals surface area contributed by atoms with Gasteiger partial charge in [0.05, 0.1) is 8.95 Å². The molecule has 0 fully saturated rings. The van der Waals surface area contributed by atoms with Crippen molar-refractivity contribution in [2.24, 2.45) is 0 Å². The number of hydroxylamine groups is 2. The Morgan fingerprint density at radius 2 is 1.10 bits per heavy atom. The van der Waals surface area contributed by atoms with E-state index in [2.05, 4.69) is 31.9 Å². The molecule has 0 bridgehead atoms. The second-order valence-electron chi connectivity index (χ2n) is 9.09. The number of hydrogen-bond donors (Lipinski definition) is 0. The number of carbonyl (C=O) groups is 2. The molecule has 0 radical (unpaired) electrons. The zero-order valence-electron chi connectivity index (χ0n) is 20.1. The lowest BCUT2D eigenvalue weighted by Gasteiger charge is -2.12. The van der Waals surface area contributed by atoms with Crippen molar-refractivity contribution < 1.29 is 23.3 Å². The minimum atomic E-state index is -0.739. The van der Waals surface area contributed by atoms with Crippen molar-refractivity contribution in [3.63, 3.8) is 0 Å². The van der Waals surface area contributed by atoms with Crippen molar-refractivity contribution in [3.8, 4) is 0 Å². The van der Waals surface area contributed by atoms with Crippen LogP contribution in [0.5, 0.6) is 0 Å². The standard InChI is InChI=1S/C31H17Br2NO5/c32-22-14-18-10-4-6-12-20(18)24-25-21-13-7-5-11-19(21)15-23(33)27(25)39-29-28(38-26(22)24)30(35)34(31(29)36)37-16-17-8-2-1-3-9-17/h1-15H,16H2. The summed E-state index contributed by atoms with van der Waals surface area (Å²) in [6.07, 6.45) is 0. The topological polar surface area (TPSA) is 72.9 Å². The Kier molecular flexibility index (Phi) is 5.77. The number of imide groups is 1. The first kappa shape index (κ1) is 24.1. The Labute approximate surface area is 238 Å². The van der Waals surface area contributed by atoms with Gasteiger partial charge in [0.1, 0.15) is 6.61 Å². The Morgan fingerprint density at radius 1 is 0.641 bits per heavy atom. The lowest BCUT2D eigenvalue weighted by Crippen LogP contribution is -2.29. The summed E-state index contributed by atoms with van der Waals surface area (Å²) in [5.41, 5.74) is 1.61. The Hall–Kier alpha value is -3.98. The highest BCUT2D eigenvalue weighted by Gasteiger charge is 2.42. The molecule has 0 atom stereocenters. The molecule has 0 saturated carbocycles. The van der Waals surface area contributed by atoms with Gasteiger partial charge >= 0.3 is 11.8 Å². The first-order valence-corrected chi connectivity index (χ1v) is 13.7. The average molecular weight is 643 g/mol. The van der Waals surface area contributed by atoms with Crippen LogP contribution in [-0.4, -0.2) is 16.9 Å². The van der Waals surface area contributed by atoms with Crippen LogP contribution in [0.15, 0.2) is 109 Å². The zero-order chi connectivity index (χ0) is 26.7. The molecule has 0 spiro atoms. The number of halogens is 2. The first-order chi connectivity index (χ1) is 19.0. The summed E-state index contributed by atoms with van der Waals surface area (Å²) in [6.45, 7) is 0.0225. The number of fused-ring (bicyclic) bond motifs is 8. The largest absolute Gasteiger partial charge is 0.445 e. The van der Waals surface area contributed by atoms with E-state index in [1.54, 1.807) is 0 Å². The number of nitrogens with zero attached hydrogens (tertiary/aromatic N) is 1. The van der Waals surface area contributed by atoms with Gasteiger partial charge in [-0.3, -0.25) is 14.4 Å². The third-order valence-electron chi connectivity index (χ3n) is 6.74. The Balaban J connectivity index is 1.59. The minimum Gasteiger partial charge on any atom is -0.445 e. The van der Waals surface area contributed by atoms with Crippen LogP contribution >= 0.6 is 31.9 Å². The monoisotopic (exact) mass is 641 g/mol. The summed E-state index contributed by atoms with van der Waals surface area (Å²) >= 11 is 7.33. The second kappa shape index (κ2) is 9.34. The lowest BCUT2D eigenvalue weighted by atomic mass is 9.98. The van der Waals surface area contributed by atoms with Gasteiger partial charge in [-0.15, -0.1) is 5.06 Å². The fourth-order valence-electron chi connectivity index (χ4n) is 4.97. The number of amides is 2. The van der Waals surface area contributed by atoms with Gasteiger partial charge in [0.2, 0.25) is 11.5 Å². The summed E-state index contributed by atoms with van der Waals surface area (Å²) in [6, 6.07) is 29.0. The minimum absolute atomic E-state index is 0.0225. The van der Waals surface area contributed by atoms with Gasteiger partial charge in [-0.2, -0.15) is 0 Å². The third-order valence-corrected chi connectivity index (χ3v) is 7.92. The highest BCUT2D eigenvalue weighted by molar-refractivity contribution is 9.11. The van der Waals surface area contributed by atoms with Gasteiger partial charge < -0.3 is 8.83 Å². The molecule has 39 heavy (non-hydrogen) atoms. The van der Waals surface area contributed by atoms with Crippen LogP contribution in [0.1, 0.15) is 26.7 Å². The number of benzene rings is 5. The molecular formula is C31H17Br2NO5. The van der Waals surface area contributed by atoms with Crippen LogP contribution in [0.4, 0.5) is 0 Å². The van der Waals surface area contributed by atoms with Gasteiger partial charge in [0.15, 0.2) is 11.2 Å². The van der Waals surface area contributed by atoms with Crippen molar-refractivity contribution >= 4 is 87.2 Å². The summed E-state index contributed by atoms with van der Waals surface area (Å²) in [5.74, 6) is -1.96. The van der Waals surface area contributed by atoms with Crippen molar-refractivity contribution in [1.29, 1.82) is 0 Å². The maximum atomic E-state index is 13.5. The number of rotatable bonds is 3. The van der Waals surface area contributed by atoms with E-state index in [1.807, 2.05) is 91.0 Å². The van der Waals surface area contributed by atoms with E-state index in [4.69, 9.17) is 13.7 Å². The maximum absolute atomic E-state index is 13.5. The van der Waals surface area contributed by atoms with Crippen LogP contribution < -0.4 is 0 Å². The summed E-state index contributed by atoms with van der Waals surface area (Å²) in [4.78, 5) is 32.7. The highest BCUT2D eigenvalue weighted by Crippen LogP contribution is 2.42. The molecule has 6 nitrogen and oxygen atoms in total.